The molecule has 1 atom stereocenters. The standard InChI is InChI=1S/C14H21N3O2/c1-19-10-4-5-11(15)14-16-12-6-2-3-7-13(12)17(14)8-9-18/h2-3,6-7,11,18H,4-5,8-10,15H2,1H3. The van der Waals surface area contributed by atoms with Crippen molar-refractivity contribution in [1.82, 2.24) is 9.55 Å². The number of aromatic nitrogens is 2. The van der Waals surface area contributed by atoms with E-state index in [4.69, 9.17) is 10.5 Å². The van der Waals surface area contributed by atoms with Crippen molar-refractivity contribution < 1.29 is 9.84 Å². The fourth-order valence-electron chi connectivity index (χ4n) is 2.29. The van der Waals surface area contributed by atoms with Crippen LogP contribution in [0.2, 0.25) is 0 Å². The molecule has 19 heavy (non-hydrogen) atoms. The van der Waals surface area contributed by atoms with Gasteiger partial charge in [-0.1, -0.05) is 12.1 Å². The van der Waals surface area contributed by atoms with Gasteiger partial charge in [-0.3, -0.25) is 0 Å². The number of imidazole rings is 1. The fourth-order valence-corrected chi connectivity index (χ4v) is 2.29. The van der Waals surface area contributed by atoms with Gasteiger partial charge in [0.05, 0.1) is 23.7 Å². The van der Waals surface area contributed by atoms with Gasteiger partial charge < -0.3 is 20.1 Å². The van der Waals surface area contributed by atoms with Crippen LogP contribution in [-0.2, 0) is 11.3 Å². The van der Waals surface area contributed by atoms with E-state index in [1.165, 1.54) is 0 Å². The van der Waals surface area contributed by atoms with Crippen LogP contribution in [0.3, 0.4) is 0 Å². The molecule has 0 saturated heterocycles. The maximum atomic E-state index is 9.21. The molecule has 104 valence electrons. The Hall–Kier alpha value is -1.43. The summed E-state index contributed by atoms with van der Waals surface area (Å²) in [5.41, 5.74) is 8.16. The molecule has 2 aromatic rings. The minimum atomic E-state index is -0.130. The highest BCUT2D eigenvalue weighted by atomic mass is 16.5. The van der Waals surface area contributed by atoms with Gasteiger partial charge >= 0.3 is 0 Å². The second kappa shape index (κ2) is 6.65. The minimum Gasteiger partial charge on any atom is -0.395 e. The lowest BCUT2D eigenvalue weighted by Gasteiger charge is -2.13. The predicted octanol–water partition coefficient (Wildman–Crippen LogP) is 1.46. The van der Waals surface area contributed by atoms with E-state index in [0.717, 1.165) is 29.7 Å². The van der Waals surface area contributed by atoms with Crippen molar-refractivity contribution in [3.63, 3.8) is 0 Å². The Bertz CT molecular complexity index is 524. The van der Waals surface area contributed by atoms with Crippen molar-refractivity contribution in [2.45, 2.75) is 25.4 Å². The molecule has 0 radical (unpaired) electrons. The van der Waals surface area contributed by atoms with E-state index in [9.17, 15) is 5.11 Å². The summed E-state index contributed by atoms with van der Waals surface area (Å²) in [5, 5.41) is 9.21. The van der Waals surface area contributed by atoms with E-state index in [-0.39, 0.29) is 12.6 Å². The smallest absolute Gasteiger partial charge is 0.126 e. The number of aliphatic hydroxyl groups is 1. The number of nitrogens with zero attached hydrogens (tertiary/aromatic N) is 2. The van der Waals surface area contributed by atoms with Crippen molar-refractivity contribution in [1.29, 1.82) is 0 Å². The number of hydrogen-bond donors (Lipinski definition) is 2. The van der Waals surface area contributed by atoms with E-state index >= 15 is 0 Å². The molecule has 0 aliphatic carbocycles. The third kappa shape index (κ3) is 3.12. The maximum absolute atomic E-state index is 9.21. The topological polar surface area (TPSA) is 73.3 Å². The Morgan fingerprint density at radius 3 is 2.95 bits per heavy atom. The molecule has 0 amide bonds. The van der Waals surface area contributed by atoms with E-state index in [1.54, 1.807) is 7.11 Å². The number of hydrogen-bond acceptors (Lipinski definition) is 4. The van der Waals surface area contributed by atoms with Gasteiger partial charge in [0.2, 0.25) is 0 Å². The van der Waals surface area contributed by atoms with Crippen LogP contribution in [0.25, 0.3) is 11.0 Å². The van der Waals surface area contributed by atoms with E-state index in [2.05, 4.69) is 4.98 Å². The predicted molar refractivity (Wildman–Crippen MR) is 74.9 cm³/mol. The molecular formula is C14H21N3O2. The van der Waals surface area contributed by atoms with E-state index < -0.39 is 0 Å². The molecule has 1 aromatic heterocycles. The van der Waals surface area contributed by atoms with Crippen molar-refractivity contribution in [2.24, 2.45) is 5.73 Å². The number of ether oxygens (including phenoxy) is 1. The third-order valence-electron chi connectivity index (χ3n) is 3.20. The van der Waals surface area contributed by atoms with E-state index in [0.29, 0.717) is 13.2 Å². The number of fused-ring (bicyclic) bond motifs is 1. The molecule has 0 saturated carbocycles. The molecule has 2 rings (SSSR count). The summed E-state index contributed by atoms with van der Waals surface area (Å²) in [5.74, 6) is 0.839. The van der Waals surface area contributed by atoms with Gasteiger partial charge in [0.15, 0.2) is 0 Å². The molecule has 5 heteroatoms. The number of rotatable bonds is 7. The molecule has 1 heterocycles. The second-order valence-corrected chi connectivity index (χ2v) is 4.58. The third-order valence-corrected chi connectivity index (χ3v) is 3.20. The zero-order chi connectivity index (χ0) is 13.7. The van der Waals surface area contributed by atoms with Gasteiger partial charge in [0.25, 0.3) is 0 Å². The molecule has 0 aliphatic rings. The fraction of sp³-hybridized carbons (Fsp3) is 0.500. The van der Waals surface area contributed by atoms with Crippen molar-refractivity contribution >= 4 is 11.0 Å². The Labute approximate surface area is 113 Å². The molecule has 1 aromatic carbocycles. The summed E-state index contributed by atoms with van der Waals surface area (Å²) in [6.07, 6.45) is 1.72. The molecule has 5 nitrogen and oxygen atoms in total. The molecule has 0 fully saturated rings. The van der Waals surface area contributed by atoms with Gasteiger partial charge in [-0.2, -0.15) is 0 Å². The normalized spacial score (nSPS) is 13.0. The van der Waals surface area contributed by atoms with Gasteiger partial charge in [-0.25, -0.2) is 4.98 Å². The Morgan fingerprint density at radius 2 is 2.21 bits per heavy atom. The first-order chi connectivity index (χ1) is 9.27. The largest absolute Gasteiger partial charge is 0.395 e. The Morgan fingerprint density at radius 1 is 1.42 bits per heavy atom. The zero-order valence-corrected chi connectivity index (χ0v) is 11.2. The summed E-state index contributed by atoms with van der Waals surface area (Å²) < 4.78 is 7.05. The summed E-state index contributed by atoms with van der Waals surface area (Å²) >= 11 is 0. The number of para-hydroxylation sites is 2. The summed E-state index contributed by atoms with van der Waals surface area (Å²) in [4.78, 5) is 4.60. The van der Waals surface area contributed by atoms with E-state index in [1.807, 2.05) is 28.8 Å². The molecule has 0 bridgehead atoms. The van der Waals surface area contributed by atoms with Crippen LogP contribution in [0.1, 0.15) is 24.7 Å². The summed E-state index contributed by atoms with van der Waals surface area (Å²) in [6.45, 7) is 1.31. The average molecular weight is 263 g/mol. The number of nitrogens with two attached hydrogens (primary N) is 1. The van der Waals surface area contributed by atoms with Crippen molar-refractivity contribution in [2.75, 3.05) is 20.3 Å². The Kier molecular flexibility index (Phi) is 4.90. The first-order valence-corrected chi connectivity index (χ1v) is 6.58. The number of benzene rings is 1. The Balaban J connectivity index is 2.27. The molecule has 0 aliphatic heterocycles. The zero-order valence-electron chi connectivity index (χ0n) is 11.2. The highest BCUT2D eigenvalue weighted by molar-refractivity contribution is 5.76. The highest BCUT2D eigenvalue weighted by Crippen LogP contribution is 2.22. The lowest BCUT2D eigenvalue weighted by molar-refractivity contribution is 0.190. The average Bonchev–Trinajstić information content (AvgIpc) is 2.79. The second-order valence-electron chi connectivity index (χ2n) is 4.58. The maximum Gasteiger partial charge on any atom is 0.126 e. The minimum absolute atomic E-state index is 0.0815. The SMILES string of the molecule is COCCCC(N)c1nc2ccccc2n1CCO. The first-order valence-electron chi connectivity index (χ1n) is 6.58. The molecule has 1 unspecified atom stereocenters. The van der Waals surface area contributed by atoms with Gasteiger partial charge in [-0.15, -0.1) is 0 Å². The molecular weight excluding hydrogens is 242 g/mol. The summed E-state index contributed by atoms with van der Waals surface area (Å²) in [7, 11) is 1.69. The molecule has 3 N–H and O–H groups in total. The number of methoxy groups -OCH3 is 1. The monoisotopic (exact) mass is 263 g/mol. The highest BCUT2D eigenvalue weighted by Gasteiger charge is 2.16. The van der Waals surface area contributed by atoms with Gasteiger partial charge in [-0.05, 0) is 25.0 Å². The van der Waals surface area contributed by atoms with Crippen LogP contribution in [0.4, 0.5) is 0 Å². The van der Waals surface area contributed by atoms with Crippen LogP contribution in [0, 0.1) is 0 Å². The van der Waals surface area contributed by atoms with Crippen LogP contribution in [0.15, 0.2) is 24.3 Å². The van der Waals surface area contributed by atoms with Crippen molar-refractivity contribution in [3.8, 4) is 0 Å². The van der Waals surface area contributed by atoms with Crippen LogP contribution in [0.5, 0.6) is 0 Å². The number of aliphatic hydroxyl groups excluding tert-OH is 1. The van der Waals surface area contributed by atoms with Crippen molar-refractivity contribution in [3.05, 3.63) is 30.1 Å². The quantitative estimate of drug-likeness (QED) is 0.742. The lowest BCUT2D eigenvalue weighted by atomic mass is 10.1. The molecule has 0 spiro atoms. The first kappa shape index (κ1) is 14.0. The van der Waals surface area contributed by atoms with Gasteiger partial charge in [0.1, 0.15) is 5.82 Å². The summed E-state index contributed by atoms with van der Waals surface area (Å²) in [6, 6.07) is 7.77. The van der Waals surface area contributed by atoms with Crippen LogP contribution < -0.4 is 5.73 Å². The van der Waals surface area contributed by atoms with Gasteiger partial charge in [0, 0.05) is 20.3 Å². The lowest BCUT2D eigenvalue weighted by Crippen LogP contribution is -2.18. The van der Waals surface area contributed by atoms with Crippen LogP contribution in [-0.4, -0.2) is 35.0 Å². The van der Waals surface area contributed by atoms with Crippen LogP contribution >= 0.6 is 0 Å².